The maximum absolute atomic E-state index is 12.5. The molecule has 1 aromatic heterocycles. The molecule has 2 aromatic carbocycles. The van der Waals surface area contributed by atoms with Crippen molar-refractivity contribution in [1.82, 2.24) is 0 Å². The minimum absolute atomic E-state index is 0.170. The predicted molar refractivity (Wildman–Crippen MR) is 101 cm³/mol. The number of carbonyl (C=O) groups is 2. The van der Waals surface area contributed by atoms with Crippen molar-refractivity contribution in [3.05, 3.63) is 53.8 Å². The van der Waals surface area contributed by atoms with Crippen LogP contribution < -0.4 is 15.4 Å². The maximum atomic E-state index is 12.5. The van der Waals surface area contributed by atoms with Crippen LogP contribution in [0.25, 0.3) is 11.0 Å². The predicted octanol–water partition coefficient (Wildman–Crippen LogP) is 3.89. The number of amides is 2. The Morgan fingerprint density at radius 2 is 1.92 bits per heavy atom. The molecule has 0 aliphatic heterocycles. The van der Waals surface area contributed by atoms with E-state index in [1.54, 1.807) is 24.5 Å². The van der Waals surface area contributed by atoms with Gasteiger partial charge in [0.2, 0.25) is 11.8 Å². The molecule has 2 amide bonds. The van der Waals surface area contributed by atoms with Gasteiger partial charge in [0.25, 0.3) is 0 Å². The number of nitrogens with one attached hydrogen (secondary N) is 2. The largest absolute Gasteiger partial charge is 0.495 e. The van der Waals surface area contributed by atoms with Gasteiger partial charge in [0.15, 0.2) is 0 Å². The zero-order chi connectivity index (χ0) is 18.7. The summed E-state index contributed by atoms with van der Waals surface area (Å²) in [5.74, 6) is 0.124. The molecule has 0 bridgehead atoms. The van der Waals surface area contributed by atoms with E-state index in [0.717, 1.165) is 22.1 Å². The number of benzene rings is 2. The summed E-state index contributed by atoms with van der Waals surface area (Å²) in [6.45, 7) is 3.41. The van der Waals surface area contributed by atoms with Gasteiger partial charge in [-0.3, -0.25) is 9.59 Å². The fraction of sp³-hybridized carbons (Fsp3) is 0.200. The van der Waals surface area contributed by atoms with Gasteiger partial charge >= 0.3 is 0 Å². The summed E-state index contributed by atoms with van der Waals surface area (Å²) in [6, 6.07) is 10.9. The zero-order valence-electron chi connectivity index (χ0n) is 14.9. The number of fused-ring (bicyclic) bond motifs is 1. The van der Waals surface area contributed by atoms with E-state index in [4.69, 9.17) is 9.15 Å². The number of methoxy groups -OCH3 is 1. The lowest BCUT2D eigenvalue weighted by Gasteiger charge is -2.12. The van der Waals surface area contributed by atoms with Crippen molar-refractivity contribution in [3.8, 4) is 5.75 Å². The van der Waals surface area contributed by atoms with Gasteiger partial charge in [0.1, 0.15) is 11.3 Å². The van der Waals surface area contributed by atoms with Crippen LogP contribution in [0.5, 0.6) is 5.75 Å². The highest BCUT2D eigenvalue weighted by molar-refractivity contribution is 5.97. The van der Waals surface area contributed by atoms with Gasteiger partial charge in [-0.1, -0.05) is 12.1 Å². The van der Waals surface area contributed by atoms with Crippen molar-refractivity contribution in [2.75, 3.05) is 17.7 Å². The third kappa shape index (κ3) is 3.85. The highest BCUT2D eigenvalue weighted by Crippen LogP contribution is 2.29. The van der Waals surface area contributed by atoms with Crippen molar-refractivity contribution in [2.24, 2.45) is 0 Å². The SMILES string of the molecule is COc1ccc(NC(C)=O)cc1NC(=O)Cc1coc2cc(C)ccc12. The third-order valence-electron chi connectivity index (χ3n) is 3.96. The van der Waals surface area contributed by atoms with E-state index in [-0.39, 0.29) is 18.2 Å². The molecule has 0 atom stereocenters. The minimum atomic E-state index is -0.202. The Balaban J connectivity index is 1.79. The molecule has 0 aliphatic rings. The highest BCUT2D eigenvalue weighted by atomic mass is 16.5. The van der Waals surface area contributed by atoms with E-state index < -0.39 is 0 Å². The first kappa shape index (κ1) is 17.5. The monoisotopic (exact) mass is 352 g/mol. The molecule has 3 aromatic rings. The Kier molecular flexibility index (Phi) is 4.93. The summed E-state index contributed by atoms with van der Waals surface area (Å²) < 4.78 is 10.8. The number of carbonyl (C=O) groups excluding carboxylic acids is 2. The molecule has 2 N–H and O–H groups in total. The first-order valence-electron chi connectivity index (χ1n) is 8.18. The van der Waals surface area contributed by atoms with Gasteiger partial charge in [-0.15, -0.1) is 0 Å². The number of rotatable bonds is 5. The second kappa shape index (κ2) is 7.31. The Morgan fingerprint density at radius 3 is 2.65 bits per heavy atom. The Morgan fingerprint density at radius 1 is 1.12 bits per heavy atom. The molecular formula is C20H20N2O4. The Bertz CT molecular complexity index is 975. The second-order valence-corrected chi connectivity index (χ2v) is 6.08. The van der Waals surface area contributed by atoms with Gasteiger partial charge in [-0.2, -0.15) is 0 Å². The summed E-state index contributed by atoms with van der Waals surface area (Å²) in [4.78, 5) is 23.7. The molecule has 0 fully saturated rings. The average molecular weight is 352 g/mol. The van der Waals surface area contributed by atoms with E-state index >= 15 is 0 Å². The minimum Gasteiger partial charge on any atom is -0.495 e. The normalized spacial score (nSPS) is 10.6. The molecule has 0 saturated heterocycles. The summed E-state index contributed by atoms with van der Waals surface area (Å²) >= 11 is 0. The molecule has 0 spiro atoms. The molecule has 6 heteroatoms. The van der Waals surface area contributed by atoms with Gasteiger partial charge in [-0.25, -0.2) is 0 Å². The molecule has 3 rings (SSSR count). The molecule has 0 saturated carbocycles. The smallest absolute Gasteiger partial charge is 0.229 e. The highest BCUT2D eigenvalue weighted by Gasteiger charge is 2.13. The summed E-state index contributed by atoms with van der Waals surface area (Å²) in [5, 5.41) is 6.44. The molecule has 134 valence electrons. The van der Waals surface area contributed by atoms with E-state index in [1.165, 1.54) is 14.0 Å². The van der Waals surface area contributed by atoms with Gasteiger partial charge in [-0.05, 0) is 36.8 Å². The van der Waals surface area contributed by atoms with Crippen LogP contribution in [0.2, 0.25) is 0 Å². The standard InChI is InChI=1S/C20H20N2O4/c1-12-4-6-16-14(11-26-19(16)8-12)9-20(24)22-17-10-15(21-13(2)23)5-7-18(17)25-3/h4-8,10-11H,9H2,1-3H3,(H,21,23)(H,22,24). The fourth-order valence-corrected chi connectivity index (χ4v) is 2.78. The van der Waals surface area contributed by atoms with Crippen LogP contribution in [-0.2, 0) is 16.0 Å². The quantitative estimate of drug-likeness (QED) is 0.730. The first-order chi connectivity index (χ1) is 12.5. The molecule has 26 heavy (non-hydrogen) atoms. The first-order valence-corrected chi connectivity index (χ1v) is 8.18. The van der Waals surface area contributed by atoms with Crippen LogP contribution in [0.3, 0.4) is 0 Å². The van der Waals surface area contributed by atoms with Crippen molar-refractivity contribution in [3.63, 3.8) is 0 Å². The fourth-order valence-electron chi connectivity index (χ4n) is 2.78. The van der Waals surface area contributed by atoms with Crippen LogP contribution in [0.1, 0.15) is 18.1 Å². The Labute approximate surface area is 151 Å². The topological polar surface area (TPSA) is 80.6 Å². The van der Waals surface area contributed by atoms with Crippen molar-refractivity contribution < 1.29 is 18.7 Å². The van der Waals surface area contributed by atoms with Gasteiger partial charge in [0, 0.05) is 23.6 Å². The molecule has 6 nitrogen and oxygen atoms in total. The summed E-state index contributed by atoms with van der Waals surface area (Å²) in [7, 11) is 1.52. The number of hydrogen-bond donors (Lipinski definition) is 2. The number of hydrogen-bond acceptors (Lipinski definition) is 4. The number of ether oxygens (including phenoxy) is 1. The third-order valence-corrected chi connectivity index (χ3v) is 3.96. The lowest BCUT2D eigenvalue weighted by molar-refractivity contribution is -0.115. The number of furan rings is 1. The molecule has 0 unspecified atom stereocenters. The van der Waals surface area contributed by atoms with Gasteiger partial charge < -0.3 is 19.8 Å². The van der Waals surface area contributed by atoms with Crippen LogP contribution in [0.15, 0.2) is 47.1 Å². The summed E-state index contributed by atoms with van der Waals surface area (Å²) in [6.07, 6.45) is 1.78. The van der Waals surface area contributed by atoms with E-state index in [2.05, 4.69) is 10.6 Å². The van der Waals surface area contributed by atoms with Crippen molar-refractivity contribution in [2.45, 2.75) is 20.3 Å². The van der Waals surface area contributed by atoms with E-state index in [1.807, 2.05) is 25.1 Å². The van der Waals surface area contributed by atoms with Crippen LogP contribution in [-0.4, -0.2) is 18.9 Å². The number of aryl methyl sites for hydroxylation is 1. The van der Waals surface area contributed by atoms with Crippen LogP contribution in [0.4, 0.5) is 11.4 Å². The second-order valence-electron chi connectivity index (χ2n) is 6.08. The molecule has 0 radical (unpaired) electrons. The van der Waals surface area contributed by atoms with Gasteiger partial charge in [0.05, 0.1) is 25.5 Å². The zero-order valence-corrected chi connectivity index (χ0v) is 14.9. The molecule has 0 aliphatic carbocycles. The van der Waals surface area contributed by atoms with Crippen molar-refractivity contribution >= 4 is 34.2 Å². The van der Waals surface area contributed by atoms with E-state index in [9.17, 15) is 9.59 Å². The number of anilines is 2. The van der Waals surface area contributed by atoms with Crippen LogP contribution >= 0.6 is 0 Å². The Hall–Kier alpha value is -3.28. The van der Waals surface area contributed by atoms with E-state index in [0.29, 0.717) is 17.1 Å². The molecular weight excluding hydrogens is 332 g/mol. The van der Waals surface area contributed by atoms with Crippen LogP contribution in [0, 0.1) is 6.92 Å². The molecule has 1 heterocycles. The average Bonchev–Trinajstić information content (AvgIpc) is 2.96. The lowest BCUT2D eigenvalue weighted by atomic mass is 10.1. The van der Waals surface area contributed by atoms with Crippen molar-refractivity contribution in [1.29, 1.82) is 0 Å². The lowest BCUT2D eigenvalue weighted by Crippen LogP contribution is -2.15. The summed E-state index contributed by atoms with van der Waals surface area (Å²) in [5.41, 5.74) is 3.75. The maximum Gasteiger partial charge on any atom is 0.229 e.